The van der Waals surface area contributed by atoms with Crippen molar-refractivity contribution in [2.45, 2.75) is 53.4 Å². The average Bonchev–Trinajstić information content (AvgIpc) is 2.29. The van der Waals surface area contributed by atoms with Crippen LogP contribution in [0.5, 0.6) is 0 Å². The molecule has 4 heteroatoms. The second-order valence-corrected chi connectivity index (χ2v) is 6.59. The molecule has 0 aromatic rings. The van der Waals surface area contributed by atoms with Crippen LogP contribution in [0.1, 0.15) is 53.4 Å². The van der Waals surface area contributed by atoms with Gasteiger partial charge in [0.15, 0.2) is 0 Å². The number of nitrogens with zero attached hydrogens (tertiary/aromatic N) is 1. The van der Waals surface area contributed by atoms with Crippen molar-refractivity contribution in [1.82, 2.24) is 4.90 Å². The minimum Gasteiger partial charge on any atom is -0.392 e. The number of hydrogen-bond acceptors (Lipinski definition) is 2. The largest absolute Gasteiger partial charge is 0.392 e. The molecule has 1 saturated heterocycles. The third-order valence-electron chi connectivity index (χ3n) is 4.28. The maximum absolute atomic E-state index is 12.8. The first-order valence-corrected chi connectivity index (χ1v) is 7.29. The van der Waals surface area contributed by atoms with Crippen LogP contribution in [0.25, 0.3) is 0 Å². The Kier molecular flexibility index (Phi) is 4.76. The Hall–Kier alpha value is -0.640. The molecule has 0 aromatic carbocycles. The van der Waals surface area contributed by atoms with Crippen LogP contribution in [-0.2, 0) is 4.79 Å². The van der Waals surface area contributed by atoms with E-state index in [0.717, 1.165) is 19.5 Å². The summed E-state index contributed by atoms with van der Waals surface area (Å²) in [6.07, 6.45) is 3.62. The number of likely N-dealkylation sites (tertiary alicyclic amines) is 1. The van der Waals surface area contributed by atoms with Gasteiger partial charge in [0, 0.05) is 13.1 Å². The van der Waals surface area contributed by atoms with Crippen molar-refractivity contribution in [3.05, 3.63) is 0 Å². The summed E-state index contributed by atoms with van der Waals surface area (Å²) in [7, 11) is 0. The average molecular weight is 270 g/mol. The number of rotatable bonds is 4. The zero-order chi connectivity index (χ0) is 14.0. The molecule has 0 atom stereocenters. The first kappa shape index (κ1) is 15.4. The number of carbonyl (C=O) groups is 1. The van der Waals surface area contributed by atoms with Gasteiger partial charge in [-0.05, 0) is 31.1 Å². The van der Waals surface area contributed by atoms with Crippen LogP contribution in [-0.4, -0.2) is 28.9 Å². The molecule has 0 saturated carbocycles. The molecule has 0 aromatic heterocycles. The predicted octanol–water partition coefficient (Wildman–Crippen LogP) is 2.73. The lowest BCUT2D eigenvalue weighted by Gasteiger charge is -2.42. The monoisotopic (exact) mass is 270 g/mol. The van der Waals surface area contributed by atoms with E-state index >= 15 is 0 Å². The molecule has 0 bridgehead atoms. The summed E-state index contributed by atoms with van der Waals surface area (Å²) in [6.45, 7) is 10.1. The quantitative estimate of drug-likeness (QED) is 0.799. The van der Waals surface area contributed by atoms with Gasteiger partial charge in [0.1, 0.15) is 0 Å². The van der Waals surface area contributed by atoms with E-state index in [1.807, 2.05) is 18.7 Å². The van der Waals surface area contributed by atoms with Gasteiger partial charge in [-0.3, -0.25) is 4.79 Å². The van der Waals surface area contributed by atoms with Crippen molar-refractivity contribution in [3.8, 4) is 0 Å². The van der Waals surface area contributed by atoms with E-state index in [2.05, 4.69) is 13.8 Å². The Morgan fingerprint density at radius 2 is 1.94 bits per heavy atom. The van der Waals surface area contributed by atoms with Crippen LogP contribution in [0.2, 0.25) is 0 Å². The molecule has 1 heterocycles. The topological polar surface area (TPSA) is 46.3 Å². The number of carbonyl (C=O) groups excluding carboxylic acids is 1. The molecule has 1 amide bonds. The molecule has 18 heavy (non-hydrogen) atoms. The van der Waals surface area contributed by atoms with Crippen LogP contribution >= 0.6 is 12.2 Å². The van der Waals surface area contributed by atoms with Crippen LogP contribution in [0.15, 0.2) is 0 Å². The zero-order valence-corrected chi connectivity index (χ0v) is 12.9. The van der Waals surface area contributed by atoms with E-state index in [-0.39, 0.29) is 11.3 Å². The molecule has 0 spiro atoms. The summed E-state index contributed by atoms with van der Waals surface area (Å²) >= 11 is 5.16. The fourth-order valence-electron chi connectivity index (χ4n) is 2.91. The smallest absolute Gasteiger partial charge is 0.235 e. The van der Waals surface area contributed by atoms with E-state index in [1.165, 1.54) is 6.42 Å². The molecule has 0 radical (unpaired) electrons. The molecular weight excluding hydrogens is 244 g/mol. The van der Waals surface area contributed by atoms with Gasteiger partial charge in [-0.15, -0.1) is 0 Å². The number of amides is 1. The number of nitrogens with two attached hydrogens (primary N) is 1. The molecular formula is C14H26N2OS. The molecule has 1 rings (SSSR count). The highest BCUT2D eigenvalue weighted by atomic mass is 32.1. The van der Waals surface area contributed by atoms with Gasteiger partial charge in [-0.25, -0.2) is 0 Å². The summed E-state index contributed by atoms with van der Waals surface area (Å²) in [6, 6.07) is 0. The van der Waals surface area contributed by atoms with Crippen LogP contribution < -0.4 is 5.73 Å². The normalized spacial score (nSPS) is 19.7. The van der Waals surface area contributed by atoms with Gasteiger partial charge >= 0.3 is 0 Å². The third kappa shape index (κ3) is 2.85. The van der Waals surface area contributed by atoms with E-state index in [4.69, 9.17) is 18.0 Å². The van der Waals surface area contributed by atoms with Crippen molar-refractivity contribution in [3.63, 3.8) is 0 Å². The number of hydrogen-bond donors (Lipinski definition) is 1. The van der Waals surface area contributed by atoms with Crippen LogP contribution in [0, 0.1) is 10.8 Å². The van der Waals surface area contributed by atoms with Crippen LogP contribution in [0.4, 0.5) is 0 Å². The van der Waals surface area contributed by atoms with Crippen molar-refractivity contribution in [2.24, 2.45) is 16.6 Å². The van der Waals surface area contributed by atoms with Gasteiger partial charge in [-0.2, -0.15) is 0 Å². The van der Waals surface area contributed by atoms with Crippen molar-refractivity contribution >= 4 is 23.1 Å². The molecule has 0 unspecified atom stereocenters. The highest BCUT2D eigenvalue weighted by Gasteiger charge is 2.43. The standard InChI is InChI=1S/C14H26N2OS/c1-5-14(6-2,11(15)18)12(17)16-9-7-8-13(3,4)10-16/h5-10H2,1-4H3,(H2,15,18). The molecule has 3 nitrogen and oxygen atoms in total. The molecule has 0 aliphatic carbocycles. The molecule has 1 aliphatic heterocycles. The van der Waals surface area contributed by atoms with Gasteiger partial charge in [0.25, 0.3) is 0 Å². The van der Waals surface area contributed by atoms with E-state index in [9.17, 15) is 4.79 Å². The fourth-order valence-corrected chi connectivity index (χ4v) is 3.28. The lowest BCUT2D eigenvalue weighted by Crippen LogP contribution is -2.54. The summed E-state index contributed by atoms with van der Waals surface area (Å²) in [5.74, 6) is 0.132. The fraction of sp³-hybridized carbons (Fsp3) is 0.857. The lowest BCUT2D eigenvalue weighted by molar-refractivity contribution is -0.141. The first-order valence-electron chi connectivity index (χ1n) is 6.88. The van der Waals surface area contributed by atoms with Crippen molar-refractivity contribution in [1.29, 1.82) is 0 Å². The number of piperidine rings is 1. The van der Waals surface area contributed by atoms with Gasteiger partial charge in [0.2, 0.25) is 5.91 Å². The predicted molar refractivity (Wildman–Crippen MR) is 79.4 cm³/mol. The van der Waals surface area contributed by atoms with Crippen molar-refractivity contribution < 1.29 is 4.79 Å². The summed E-state index contributed by atoms with van der Waals surface area (Å²) in [5, 5.41) is 0. The Bertz CT molecular complexity index is 335. The second kappa shape index (κ2) is 5.55. The summed E-state index contributed by atoms with van der Waals surface area (Å²) in [4.78, 5) is 15.1. The summed E-state index contributed by atoms with van der Waals surface area (Å²) < 4.78 is 0. The molecule has 2 N–H and O–H groups in total. The van der Waals surface area contributed by atoms with E-state index in [0.29, 0.717) is 17.8 Å². The highest BCUT2D eigenvalue weighted by molar-refractivity contribution is 7.80. The maximum Gasteiger partial charge on any atom is 0.235 e. The third-order valence-corrected chi connectivity index (χ3v) is 4.67. The van der Waals surface area contributed by atoms with Gasteiger partial charge in [-0.1, -0.05) is 39.9 Å². The molecule has 104 valence electrons. The Morgan fingerprint density at radius 3 is 2.33 bits per heavy atom. The molecule has 1 fully saturated rings. The minimum atomic E-state index is -0.636. The molecule has 1 aliphatic rings. The summed E-state index contributed by atoms with van der Waals surface area (Å²) in [5.41, 5.74) is 5.42. The lowest BCUT2D eigenvalue weighted by atomic mass is 9.78. The minimum absolute atomic E-state index is 0.132. The van der Waals surface area contributed by atoms with E-state index < -0.39 is 5.41 Å². The van der Waals surface area contributed by atoms with Gasteiger partial charge in [0.05, 0.1) is 10.4 Å². The Labute approximate surface area is 116 Å². The van der Waals surface area contributed by atoms with Crippen molar-refractivity contribution in [2.75, 3.05) is 13.1 Å². The zero-order valence-electron chi connectivity index (χ0n) is 12.1. The Balaban J connectivity index is 2.94. The number of thiocarbonyl (C=S) groups is 1. The SMILES string of the molecule is CCC(CC)(C(=O)N1CCCC(C)(C)C1)C(N)=S. The van der Waals surface area contributed by atoms with E-state index in [1.54, 1.807) is 0 Å². The van der Waals surface area contributed by atoms with Gasteiger partial charge < -0.3 is 10.6 Å². The van der Waals surface area contributed by atoms with Crippen LogP contribution in [0.3, 0.4) is 0 Å². The Morgan fingerprint density at radius 1 is 1.39 bits per heavy atom. The highest BCUT2D eigenvalue weighted by Crippen LogP contribution is 2.34. The maximum atomic E-state index is 12.8. The second-order valence-electron chi connectivity index (χ2n) is 6.15. The first-order chi connectivity index (χ1) is 8.29.